The Labute approximate surface area is 554 Å². The van der Waals surface area contributed by atoms with Crippen molar-refractivity contribution in [1.82, 2.24) is 46.2 Å². The molecule has 0 radical (unpaired) electrons. The number of imide groups is 1. The highest BCUT2D eigenvalue weighted by Crippen LogP contribution is 2.31. The molecule has 1 fully saturated rings. The Kier molecular flexibility index (Phi) is 32.1. The molecule has 26 heteroatoms. The summed E-state index contributed by atoms with van der Waals surface area (Å²) in [5.74, 6) is -6.02. The molecule has 12 amide bonds. The van der Waals surface area contributed by atoms with E-state index in [1.54, 1.807) is 109 Å². The van der Waals surface area contributed by atoms with Crippen LogP contribution in [0.4, 0.5) is 15.3 Å². The van der Waals surface area contributed by atoms with Gasteiger partial charge in [0, 0.05) is 72.2 Å². The number of aliphatic hydroxyl groups is 1. The zero-order valence-electron chi connectivity index (χ0n) is 57.4. The SMILES string of the molecule is CCC(C)C(C(CC(=O)N1CCCC1C(OC)C(C)C(=O)NC(C)C(O)c1ccccc1)OC)N(C)C(=O)C(NC(=O)C(C(C)C)N(C)C(=O)OCc1ccc(NC(=O)C(CCCNC(N)=O)NC(=O)C(NC(=O)CCCCCN2C(=O)C=CC2=O)C(C)C)cc1)C(C)C. The number of carbonyl (C=O) groups excluding carboxylic acids is 11. The van der Waals surface area contributed by atoms with E-state index in [1.807, 2.05) is 32.0 Å². The highest BCUT2D eigenvalue weighted by Gasteiger charge is 2.44. The molecule has 0 saturated carbocycles. The first kappa shape index (κ1) is 78.5. The molecular formula is C68H105N11O15. The molecule has 12 unspecified atom stereocenters. The van der Waals surface area contributed by atoms with Crippen LogP contribution in [0.25, 0.3) is 0 Å². The van der Waals surface area contributed by atoms with Crippen LogP contribution in [0.1, 0.15) is 151 Å². The van der Waals surface area contributed by atoms with Crippen molar-refractivity contribution >= 4 is 71.0 Å². The predicted octanol–water partition coefficient (Wildman–Crippen LogP) is 5.08. The lowest BCUT2D eigenvalue weighted by Crippen LogP contribution is -2.60. The van der Waals surface area contributed by atoms with Crippen molar-refractivity contribution in [3.05, 3.63) is 77.9 Å². The number of rotatable bonds is 38. The van der Waals surface area contributed by atoms with Crippen molar-refractivity contribution in [2.24, 2.45) is 35.3 Å². The van der Waals surface area contributed by atoms with Gasteiger partial charge in [0.1, 0.15) is 30.8 Å². The first-order valence-corrected chi connectivity index (χ1v) is 32.9. The molecule has 2 aliphatic rings. The maximum Gasteiger partial charge on any atom is 0.410 e. The maximum atomic E-state index is 14.8. The molecule has 26 nitrogen and oxygen atoms in total. The standard InChI is InChI=1S/C68H105N11O15/c1-15-43(8)59(51(92-13)38-55(83)78-37-23-27-50(78)61(93-14)44(9)62(85)71-45(10)60(84)47-24-18-16-19-25-47)76(11)66(89)57(41(4)5)75-65(88)58(42(6)7)77(12)68(91)94-39-46-29-31-48(32-30-46)72-63(86)49(26-22-35-70-67(69)90)73-64(87)56(40(2)3)74-52(80)28-20-17-21-36-79-53(81)33-34-54(79)82/h16,18-19,24-25,29-34,40-45,49-51,56-61,84H,15,17,20-23,26-28,35-39H2,1-14H3,(H,71,85)(H,72,86)(H,73,87)(H,74,80)(H,75,88)(H3,69,70,90). The number of nitrogens with one attached hydrogen (secondary N) is 6. The zero-order valence-corrected chi connectivity index (χ0v) is 57.4. The van der Waals surface area contributed by atoms with Gasteiger partial charge in [-0.05, 0) is 92.4 Å². The first-order chi connectivity index (χ1) is 44.5. The molecule has 2 heterocycles. The highest BCUT2D eigenvalue weighted by molar-refractivity contribution is 6.12. The Bertz CT molecular complexity index is 2880. The molecule has 0 spiro atoms. The van der Waals surface area contributed by atoms with Crippen LogP contribution < -0.4 is 37.6 Å². The van der Waals surface area contributed by atoms with Gasteiger partial charge in [0.25, 0.3) is 11.8 Å². The number of primary amides is 1. The van der Waals surface area contributed by atoms with E-state index in [0.717, 1.165) is 4.90 Å². The summed E-state index contributed by atoms with van der Waals surface area (Å²) in [4.78, 5) is 152. The number of anilines is 1. The van der Waals surface area contributed by atoms with Crippen molar-refractivity contribution in [1.29, 1.82) is 0 Å². The van der Waals surface area contributed by atoms with Crippen molar-refractivity contribution in [2.45, 2.75) is 201 Å². The van der Waals surface area contributed by atoms with Crippen LogP contribution in [-0.2, 0) is 64.0 Å². The van der Waals surface area contributed by atoms with Crippen LogP contribution in [0, 0.1) is 29.6 Å². The summed E-state index contributed by atoms with van der Waals surface area (Å²) < 4.78 is 17.7. The van der Waals surface area contributed by atoms with Crippen LogP contribution in [0.5, 0.6) is 0 Å². The van der Waals surface area contributed by atoms with Crippen LogP contribution >= 0.6 is 0 Å². The van der Waals surface area contributed by atoms with Gasteiger partial charge in [-0.3, -0.25) is 53.0 Å². The Morgan fingerprint density at radius 1 is 0.713 bits per heavy atom. The average Bonchev–Trinajstić information content (AvgIpc) is 1.33. The molecule has 2 aromatic carbocycles. The lowest BCUT2D eigenvalue weighted by molar-refractivity contribution is -0.148. The first-order valence-electron chi connectivity index (χ1n) is 32.9. The number of hydrogen-bond donors (Lipinski definition) is 8. The summed E-state index contributed by atoms with van der Waals surface area (Å²) in [5.41, 5.74) is 6.77. The van der Waals surface area contributed by atoms with E-state index in [2.05, 4.69) is 31.9 Å². The number of urea groups is 1. The number of unbranched alkanes of at least 4 members (excludes halogenated alkanes) is 2. The van der Waals surface area contributed by atoms with Crippen molar-refractivity contribution in [2.75, 3.05) is 53.3 Å². The van der Waals surface area contributed by atoms with Crippen molar-refractivity contribution in [3.63, 3.8) is 0 Å². The minimum absolute atomic E-state index is 0.0841. The smallest absolute Gasteiger partial charge is 0.410 e. The minimum atomic E-state index is -1.11. The van der Waals surface area contributed by atoms with E-state index in [-0.39, 0.29) is 86.8 Å². The summed E-state index contributed by atoms with van der Waals surface area (Å²) in [5, 5.41) is 27.6. The number of amides is 12. The van der Waals surface area contributed by atoms with Crippen LogP contribution in [0.2, 0.25) is 0 Å². The molecule has 9 N–H and O–H groups in total. The number of likely N-dealkylation sites (N-methyl/N-ethyl adjacent to an activating group) is 2. The predicted molar refractivity (Wildman–Crippen MR) is 353 cm³/mol. The Morgan fingerprint density at radius 2 is 1.35 bits per heavy atom. The number of aliphatic hydroxyl groups excluding tert-OH is 1. The molecular weight excluding hydrogens is 1210 g/mol. The van der Waals surface area contributed by atoms with Gasteiger partial charge in [-0.1, -0.05) is 118 Å². The molecule has 1 saturated heterocycles. The largest absolute Gasteiger partial charge is 0.445 e. The summed E-state index contributed by atoms with van der Waals surface area (Å²) in [6.45, 7) is 18.6. The Hall–Kier alpha value is -7.97. The van der Waals surface area contributed by atoms with E-state index in [0.29, 0.717) is 61.9 Å². The van der Waals surface area contributed by atoms with E-state index in [9.17, 15) is 57.8 Å². The number of hydrogen-bond acceptors (Lipinski definition) is 15. The molecule has 2 aliphatic heterocycles. The molecule has 4 rings (SSSR count). The topological polar surface area (TPSA) is 347 Å². The maximum absolute atomic E-state index is 14.8. The number of carbonyl (C=O) groups is 11. The number of likely N-dealkylation sites (tertiary alicyclic amines) is 1. The molecule has 0 aliphatic carbocycles. The zero-order chi connectivity index (χ0) is 70.1. The van der Waals surface area contributed by atoms with Crippen molar-refractivity contribution < 1.29 is 72.1 Å². The lowest BCUT2D eigenvalue weighted by atomic mass is 9.89. The van der Waals surface area contributed by atoms with Gasteiger partial charge in [-0.25, -0.2) is 9.59 Å². The quantitative estimate of drug-likeness (QED) is 0.0321. The van der Waals surface area contributed by atoms with Gasteiger partial charge in [-0.15, -0.1) is 0 Å². The highest BCUT2D eigenvalue weighted by atomic mass is 16.6. The fraction of sp³-hybridized carbons (Fsp3) is 0.632. The minimum Gasteiger partial charge on any atom is -0.445 e. The fourth-order valence-electron chi connectivity index (χ4n) is 12.1. The van der Waals surface area contributed by atoms with Gasteiger partial charge in [0.05, 0.1) is 48.8 Å². The van der Waals surface area contributed by atoms with Crippen molar-refractivity contribution in [3.8, 4) is 0 Å². The summed E-state index contributed by atoms with van der Waals surface area (Å²) in [6, 6.07) is 8.74. The second kappa shape index (κ2) is 38.4. The Balaban J connectivity index is 1.37. The van der Waals surface area contributed by atoms with Crippen LogP contribution in [0.3, 0.4) is 0 Å². The number of nitrogens with two attached hydrogens (primary N) is 1. The summed E-state index contributed by atoms with van der Waals surface area (Å²) >= 11 is 0. The number of methoxy groups -OCH3 is 2. The third kappa shape index (κ3) is 22.9. The third-order valence-corrected chi connectivity index (χ3v) is 17.7. The van der Waals surface area contributed by atoms with E-state index < -0.39 is 114 Å². The van der Waals surface area contributed by atoms with E-state index >= 15 is 0 Å². The van der Waals surface area contributed by atoms with E-state index in [4.69, 9.17) is 19.9 Å². The number of ether oxygens (including phenoxy) is 3. The average molecular weight is 1320 g/mol. The molecule has 12 atom stereocenters. The lowest BCUT2D eigenvalue weighted by Gasteiger charge is -2.41. The molecule has 2 aromatic rings. The summed E-state index contributed by atoms with van der Waals surface area (Å²) in [6.07, 6.45) is 2.94. The fourth-order valence-corrected chi connectivity index (χ4v) is 12.1. The third-order valence-electron chi connectivity index (χ3n) is 17.7. The second-order valence-electron chi connectivity index (χ2n) is 25.8. The normalized spacial score (nSPS) is 17.4. The molecule has 94 heavy (non-hydrogen) atoms. The number of nitrogens with zero attached hydrogens (tertiary/aromatic N) is 4. The molecule has 0 bridgehead atoms. The number of benzene rings is 2. The van der Waals surface area contributed by atoms with Gasteiger partial charge in [0.15, 0.2) is 0 Å². The monoisotopic (exact) mass is 1320 g/mol. The summed E-state index contributed by atoms with van der Waals surface area (Å²) in [7, 11) is 6.08. The second-order valence-corrected chi connectivity index (χ2v) is 25.8. The van der Waals surface area contributed by atoms with Crippen LogP contribution in [-0.4, -0.2) is 192 Å². The Morgan fingerprint density at radius 3 is 1.93 bits per heavy atom. The molecule has 522 valence electrons. The van der Waals surface area contributed by atoms with Gasteiger partial charge >= 0.3 is 12.1 Å². The molecule has 0 aromatic heterocycles. The van der Waals surface area contributed by atoms with Gasteiger partial charge in [0.2, 0.25) is 41.4 Å². The van der Waals surface area contributed by atoms with Gasteiger partial charge < -0.3 is 66.8 Å². The van der Waals surface area contributed by atoms with E-state index in [1.165, 1.54) is 38.3 Å². The van der Waals surface area contributed by atoms with Gasteiger partial charge in [-0.2, -0.15) is 0 Å². The van der Waals surface area contributed by atoms with Crippen LogP contribution in [0.15, 0.2) is 66.7 Å².